The highest BCUT2D eigenvalue weighted by Crippen LogP contribution is 2.20. The number of aromatic nitrogens is 2. The van der Waals surface area contributed by atoms with Gasteiger partial charge in [0.2, 0.25) is 0 Å². The summed E-state index contributed by atoms with van der Waals surface area (Å²) in [6.07, 6.45) is 4.90. The summed E-state index contributed by atoms with van der Waals surface area (Å²) in [5, 5.41) is 3.71. The second kappa shape index (κ2) is 3.04. The van der Waals surface area contributed by atoms with Crippen LogP contribution in [-0.4, -0.2) is 9.59 Å². The van der Waals surface area contributed by atoms with E-state index in [2.05, 4.69) is 9.59 Å². The Bertz CT molecular complexity index is 295. The van der Waals surface area contributed by atoms with E-state index in [4.69, 9.17) is 10.2 Å². The number of nitrogens with two attached hydrogens (primary N) is 1. The number of hydrogen-bond donors (Lipinski definition) is 1. The molecule has 1 unspecified atom stereocenters. The van der Waals surface area contributed by atoms with Gasteiger partial charge in [0.05, 0.1) is 29.6 Å². The summed E-state index contributed by atoms with van der Waals surface area (Å²) in [5.74, 6) is 0. The third kappa shape index (κ3) is 1.24. The van der Waals surface area contributed by atoms with Gasteiger partial charge in [-0.1, -0.05) is 4.49 Å². The van der Waals surface area contributed by atoms with Crippen LogP contribution < -0.4 is 5.73 Å². The molecule has 62 valence electrons. The molecule has 12 heavy (non-hydrogen) atoms. The van der Waals surface area contributed by atoms with Crippen LogP contribution in [0.3, 0.4) is 0 Å². The monoisotopic (exact) mass is 181 g/mol. The summed E-state index contributed by atoms with van der Waals surface area (Å²) >= 11 is 1.30. The van der Waals surface area contributed by atoms with Crippen molar-refractivity contribution in [2.75, 3.05) is 0 Å². The van der Waals surface area contributed by atoms with Crippen molar-refractivity contribution in [3.05, 3.63) is 35.2 Å². The zero-order chi connectivity index (χ0) is 8.39. The van der Waals surface area contributed by atoms with E-state index in [1.165, 1.54) is 11.5 Å². The molecule has 0 bridgehead atoms. The molecule has 2 aromatic rings. The lowest BCUT2D eigenvalue weighted by Gasteiger charge is -2.02. The van der Waals surface area contributed by atoms with Crippen molar-refractivity contribution in [3.8, 4) is 0 Å². The van der Waals surface area contributed by atoms with Crippen molar-refractivity contribution in [3.63, 3.8) is 0 Å². The van der Waals surface area contributed by atoms with Gasteiger partial charge < -0.3 is 10.2 Å². The highest BCUT2D eigenvalue weighted by atomic mass is 32.1. The Morgan fingerprint density at radius 1 is 1.58 bits per heavy atom. The first kappa shape index (κ1) is 7.45. The second-order valence-electron chi connectivity index (χ2n) is 2.35. The van der Waals surface area contributed by atoms with Crippen LogP contribution in [0.25, 0.3) is 0 Å². The summed E-state index contributed by atoms with van der Waals surface area (Å²) in [4.78, 5) is 0.941. The normalized spacial score (nSPS) is 13.1. The summed E-state index contributed by atoms with van der Waals surface area (Å²) < 4.78 is 8.65. The van der Waals surface area contributed by atoms with Crippen molar-refractivity contribution >= 4 is 11.5 Å². The number of rotatable bonds is 2. The van der Waals surface area contributed by atoms with Crippen LogP contribution in [0, 0.1) is 0 Å². The van der Waals surface area contributed by atoms with Crippen molar-refractivity contribution in [2.24, 2.45) is 5.73 Å². The first-order valence-corrected chi connectivity index (χ1v) is 4.20. The van der Waals surface area contributed by atoms with Crippen molar-refractivity contribution in [1.29, 1.82) is 0 Å². The molecule has 0 spiro atoms. The highest BCUT2D eigenvalue weighted by Gasteiger charge is 2.11. The third-order valence-corrected chi connectivity index (χ3v) is 2.33. The Morgan fingerprint density at radius 2 is 2.50 bits per heavy atom. The minimum absolute atomic E-state index is 0.163. The molecule has 0 aliphatic heterocycles. The lowest BCUT2D eigenvalue weighted by atomic mass is 10.1. The predicted octanol–water partition coefficient (Wildman–Crippen LogP) is 1.18. The van der Waals surface area contributed by atoms with Gasteiger partial charge in [0, 0.05) is 5.56 Å². The number of nitrogens with zero attached hydrogens (tertiary/aromatic N) is 2. The van der Waals surface area contributed by atoms with E-state index >= 15 is 0 Å². The largest absolute Gasteiger partial charge is 0.472 e. The Balaban J connectivity index is 2.27. The van der Waals surface area contributed by atoms with Gasteiger partial charge >= 0.3 is 0 Å². The molecule has 0 saturated carbocycles. The van der Waals surface area contributed by atoms with E-state index < -0.39 is 0 Å². The minimum Gasteiger partial charge on any atom is -0.472 e. The molecular formula is C7H7N3OS. The Labute approximate surface area is 73.2 Å². The van der Waals surface area contributed by atoms with Crippen LogP contribution in [0.5, 0.6) is 0 Å². The van der Waals surface area contributed by atoms with E-state index in [1.807, 2.05) is 6.07 Å². The van der Waals surface area contributed by atoms with E-state index in [0.717, 1.165) is 10.4 Å². The van der Waals surface area contributed by atoms with Gasteiger partial charge in [-0.05, 0) is 17.6 Å². The van der Waals surface area contributed by atoms with Gasteiger partial charge in [-0.25, -0.2) is 0 Å². The van der Waals surface area contributed by atoms with Crippen molar-refractivity contribution < 1.29 is 4.42 Å². The van der Waals surface area contributed by atoms with E-state index in [-0.39, 0.29) is 6.04 Å². The molecule has 5 heteroatoms. The lowest BCUT2D eigenvalue weighted by Crippen LogP contribution is -2.08. The fourth-order valence-corrected chi connectivity index (χ4v) is 1.46. The first-order valence-electron chi connectivity index (χ1n) is 3.43. The topological polar surface area (TPSA) is 64.9 Å². The molecule has 1 atom stereocenters. The summed E-state index contributed by atoms with van der Waals surface area (Å²) in [6, 6.07) is 1.67. The van der Waals surface area contributed by atoms with Crippen LogP contribution in [0.2, 0.25) is 0 Å². The van der Waals surface area contributed by atoms with Crippen molar-refractivity contribution in [2.45, 2.75) is 6.04 Å². The second-order valence-corrected chi connectivity index (χ2v) is 3.17. The standard InChI is InChI=1S/C7H7N3OS/c8-7(5-1-2-11-4-5)6-3-9-10-12-6/h1-4,7H,8H2. The molecule has 4 nitrogen and oxygen atoms in total. The molecule has 0 saturated heterocycles. The Hall–Kier alpha value is -1.20. The molecule has 2 rings (SSSR count). The smallest absolute Gasteiger partial charge is 0.0954 e. The van der Waals surface area contributed by atoms with Crippen LogP contribution in [0.1, 0.15) is 16.5 Å². The maximum Gasteiger partial charge on any atom is 0.0954 e. The molecule has 0 aromatic carbocycles. The van der Waals surface area contributed by atoms with E-state index in [9.17, 15) is 0 Å². The minimum atomic E-state index is -0.163. The lowest BCUT2D eigenvalue weighted by molar-refractivity contribution is 0.562. The molecule has 0 amide bonds. The van der Waals surface area contributed by atoms with Crippen LogP contribution in [0.15, 0.2) is 29.2 Å². The maximum absolute atomic E-state index is 5.88. The fraction of sp³-hybridized carbons (Fsp3) is 0.143. The number of furan rings is 1. The SMILES string of the molecule is NC(c1ccoc1)c1cnns1. The molecule has 0 fully saturated rings. The Morgan fingerprint density at radius 3 is 3.08 bits per heavy atom. The molecule has 2 heterocycles. The average Bonchev–Trinajstić information content (AvgIpc) is 2.77. The van der Waals surface area contributed by atoms with Gasteiger partial charge in [-0.15, -0.1) is 5.10 Å². The third-order valence-electron chi connectivity index (χ3n) is 1.59. The predicted molar refractivity (Wildman–Crippen MR) is 44.6 cm³/mol. The van der Waals surface area contributed by atoms with Crippen LogP contribution >= 0.6 is 11.5 Å². The van der Waals surface area contributed by atoms with Crippen molar-refractivity contribution in [1.82, 2.24) is 9.59 Å². The van der Waals surface area contributed by atoms with Gasteiger partial charge in [0.1, 0.15) is 0 Å². The van der Waals surface area contributed by atoms with E-state index in [0.29, 0.717) is 0 Å². The van der Waals surface area contributed by atoms with Crippen LogP contribution in [0.4, 0.5) is 0 Å². The average molecular weight is 181 g/mol. The molecule has 0 aliphatic rings. The molecule has 0 radical (unpaired) electrons. The molecule has 2 aromatic heterocycles. The number of hydrogen-bond acceptors (Lipinski definition) is 5. The quantitative estimate of drug-likeness (QED) is 0.755. The molecule has 2 N–H and O–H groups in total. The Kier molecular flexibility index (Phi) is 1.89. The summed E-state index contributed by atoms with van der Waals surface area (Å²) in [5.41, 5.74) is 6.82. The van der Waals surface area contributed by atoms with Gasteiger partial charge in [0.25, 0.3) is 0 Å². The molecular weight excluding hydrogens is 174 g/mol. The van der Waals surface area contributed by atoms with Crippen LogP contribution in [-0.2, 0) is 0 Å². The zero-order valence-electron chi connectivity index (χ0n) is 6.18. The summed E-state index contributed by atoms with van der Waals surface area (Å²) in [6.45, 7) is 0. The van der Waals surface area contributed by atoms with Gasteiger partial charge in [-0.3, -0.25) is 0 Å². The van der Waals surface area contributed by atoms with Gasteiger partial charge in [-0.2, -0.15) is 0 Å². The zero-order valence-corrected chi connectivity index (χ0v) is 6.99. The van der Waals surface area contributed by atoms with Gasteiger partial charge in [0.15, 0.2) is 0 Å². The molecule has 0 aliphatic carbocycles. The highest BCUT2D eigenvalue weighted by molar-refractivity contribution is 7.05. The fourth-order valence-electron chi connectivity index (χ4n) is 0.928. The summed E-state index contributed by atoms with van der Waals surface area (Å²) in [7, 11) is 0. The van der Waals surface area contributed by atoms with E-state index in [1.54, 1.807) is 18.7 Å². The maximum atomic E-state index is 5.88. The first-order chi connectivity index (χ1) is 5.88.